The molecule has 6 heteroatoms. The summed E-state index contributed by atoms with van der Waals surface area (Å²) in [4.78, 5) is 37.1. The topological polar surface area (TPSA) is 80.2 Å². The number of amides is 2. The Balaban J connectivity index is 1.79. The summed E-state index contributed by atoms with van der Waals surface area (Å²) in [6.45, 7) is 5.78. The highest BCUT2D eigenvalue weighted by Crippen LogP contribution is 2.14. The van der Waals surface area contributed by atoms with Crippen molar-refractivity contribution in [1.82, 2.24) is 9.88 Å². The predicted octanol–water partition coefficient (Wildman–Crippen LogP) is 3.31. The molecular formula is C23H21N3O3. The van der Waals surface area contributed by atoms with Crippen LogP contribution in [0.4, 0.5) is 5.69 Å². The maximum Gasteiger partial charge on any atom is 0.267 e. The van der Waals surface area contributed by atoms with E-state index in [-0.39, 0.29) is 18.0 Å². The largest absolute Gasteiger partial charge is 0.348 e. The van der Waals surface area contributed by atoms with Gasteiger partial charge in [-0.15, -0.1) is 6.58 Å². The van der Waals surface area contributed by atoms with Crippen LogP contribution < -0.4 is 16.2 Å². The van der Waals surface area contributed by atoms with E-state index in [0.29, 0.717) is 16.9 Å². The lowest BCUT2D eigenvalue weighted by molar-refractivity contribution is 0.0955. The maximum absolute atomic E-state index is 12.7. The van der Waals surface area contributed by atoms with E-state index >= 15 is 0 Å². The predicted molar refractivity (Wildman–Crippen MR) is 114 cm³/mol. The van der Waals surface area contributed by atoms with Gasteiger partial charge in [0.25, 0.3) is 17.4 Å². The molecule has 6 nitrogen and oxygen atoms in total. The Morgan fingerprint density at radius 2 is 1.69 bits per heavy atom. The molecule has 0 atom stereocenters. The zero-order chi connectivity index (χ0) is 20.8. The first kappa shape index (κ1) is 19.8. The number of rotatable bonds is 6. The number of carbonyl (C=O) groups is 2. The molecule has 1 aromatic heterocycles. The summed E-state index contributed by atoms with van der Waals surface area (Å²) in [7, 11) is 0. The van der Waals surface area contributed by atoms with Crippen LogP contribution in [0.5, 0.6) is 0 Å². The third-order valence-corrected chi connectivity index (χ3v) is 4.32. The average Bonchev–Trinajstić information content (AvgIpc) is 2.73. The van der Waals surface area contributed by atoms with Gasteiger partial charge < -0.3 is 10.6 Å². The second-order valence-corrected chi connectivity index (χ2v) is 6.46. The van der Waals surface area contributed by atoms with E-state index in [0.717, 1.165) is 5.56 Å². The first-order chi connectivity index (χ1) is 14.0. The lowest BCUT2D eigenvalue weighted by Gasteiger charge is -2.10. The Labute approximate surface area is 168 Å². The number of benzene rings is 2. The zero-order valence-electron chi connectivity index (χ0n) is 16.0. The second-order valence-electron chi connectivity index (χ2n) is 6.46. The number of anilines is 1. The van der Waals surface area contributed by atoms with E-state index in [1.807, 2.05) is 19.1 Å². The summed E-state index contributed by atoms with van der Waals surface area (Å²) in [6, 6.07) is 17.2. The Kier molecular flexibility index (Phi) is 6.04. The quantitative estimate of drug-likeness (QED) is 0.637. The summed E-state index contributed by atoms with van der Waals surface area (Å²) in [6.07, 6.45) is 3.13. The van der Waals surface area contributed by atoms with Crippen LogP contribution in [0, 0.1) is 6.92 Å². The van der Waals surface area contributed by atoms with E-state index in [1.54, 1.807) is 54.7 Å². The smallest absolute Gasteiger partial charge is 0.267 e. The fourth-order valence-electron chi connectivity index (χ4n) is 2.74. The van der Waals surface area contributed by atoms with Crippen LogP contribution in [0.15, 0.2) is 84.3 Å². The summed E-state index contributed by atoms with van der Waals surface area (Å²) < 4.78 is 1.38. The molecule has 0 spiro atoms. The van der Waals surface area contributed by atoms with Crippen molar-refractivity contribution in [2.45, 2.75) is 6.92 Å². The minimum Gasteiger partial charge on any atom is -0.348 e. The van der Waals surface area contributed by atoms with E-state index in [1.165, 1.54) is 10.6 Å². The van der Waals surface area contributed by atoms with Gasteiger partial charge in [-0.25, -0.2) is 0 Å². The Hall–Kier alpha value is -3.93. The molecule has 3 rings (SSSR count). The lowest BCUT2D eigenvalue weighted by Crippen LogP contribution is -2.32. The van der Waals surface area contributed by atoms with E-state index in [4.69, 9.17) is 0 Å². The van der Waals surface area contributed by atoms with Gasteiger partial charge in [0.05, 0.1) is 0 Å². The third kappa shape index (κ3) is 4.68. The average molecular weight is 387 g/mol. The number of pyridine rings is 1. The molecule has 0 aliphatic rings. The minimum absolute atomic E-state index is 0.0473. The van der Waals surface area contributed by atoms with Crippen molar-refractivity contribution in [2.75, 3.05) is 11.9 Å². The van der Waals surface area contributed by atoms with Gasteiger partial charge in [-0.05, 0) is 55.5 Å². The van der Waals surface area contributed by atoms with Gasteiger partial charge >= 0.3 is 0 Å². The molecule has 0 saturated heterocycles. The Morgan fingerprint density at radius 1 is 1.00 bits per heavy atom. The number of aromatic nitrogens is 1. The maximum atomic E-state index is 12.7. The van der Waals surface area contributed by atoms with Crippen molar-refractivity contribution in [3.8, 4) is 5.69 Å². The first-order valence-electron chi connectivity index (χ1n) is 9.09. The SMILES string of the molecule is C=CCNC(=O)c1cccn(-c2ccc(NC(=O)c3ccc(C)cc3)cc2)c1=O. The van der Waals surface area contributed by atoms with Crippen molar-refractivity contribution in [2.24, 2.45) is 0 Å². The molecule has 0 saturated carbocycles. The molecule has 2 amide bonds. The monoisotopic (exact) mass is 387 g/mol. The molecule has 0 aliphatic carbocycles. The molecular weight excluding hydrogens is 366 g/mol. The van der Waals surface area contributed by atoms with Gasteiger partial charge in [-0.1, -0.05) is 23.8 Å². The summed E-state index contributed by atoms with van der Waals surface area (Å²) in [5.74, 6) is -0.665. The molecule has 0 bridgehead atoms. The van der Waals surface area contributed by atoms with Gasteiger partial charge in [0.2, 0.25) is 0 Å². The molecule has 3 aromatic rings. The van der Waals surface area contributed by atoms with Crippen molar-refractivity contribution in [1.29, 1.82) is 0 Å². The molecule has 0 unspecified atom stereocenters. The van der Waals surface area contributed by atoms with E-state index < -0.39 is 11.5 Å². The van der Waals surface area contributed by atoms with Crippen LogP contribution >= 0.6 is 0 Å². The molecule has 0 radical (unpaired) electrons. The normalized spacial score (nSPS) is 10.2. The molecule has 1 heterocycles. The second kappa shape index (κ2) is 8.84. The van der Waals surface area contributed by atoms with Gasteiger partial charge in [0.15, 0.2) is 0 Å². The summed E-state index contributed by atoms with van der Waals surface area (Å²) in [5.41, 5.74) is 2.46. The van der Waals surface area contributed by atoms with Gasteiger partial charge in [-0.2, -0.15) is 0 Å². The lowest BCUT2D eigenvalue weighted by atomic mass is 10.1. The van der Waals surface area contributed by atoms with Crippen molar-refractivity contribution >= 4 is 17.5 Å². The third-order valence-electron chi connectivity index (χ3n) is 4.32. The van der Waals surface area contributed by atoms with Gasteiger partial charge in [0.1, 0.15) is 5.56 Å². The highest BCUT2D eigenvalue weighted by atomic mass is 16.2. The zero-order valence-corrected chi connectivity index (χ0v) is 16.0. The van der Waals surface area contributed by atoms with Crippen LogP contribution in [-0.4, -0.2) is 22.9 Å². The van der Waals surface area contributed by atoms with Crippen LogP contribution in [-0.2, 0) is 0 Å². The number of hydrogen-bond acceptors (Lipinski definition) is 3. The fraction of sp³-hybridized carbons (Fsp3) is 0.0870. The van der Waals surface area contributed by atoms with Crippen molar-refractivity contribution in [3.05, 3.63) is 107 Å². The van der Waals surface area contributed by atoms with Gasteiger partial charge in [0, 0.05) is 29.7 Å². The van der Waals surface area contributed by atoms with E-state index in [9.17, 15) is 14.4 Å². The van der Waals surface area contributed by atoms with Crippen LogP contribution in [0.2, 0.25) is 0 Å². The number of nitrogens with one attached hydrogen (secondary N) is 2. The molecule has 0 aliphatic heterocycles. The molecule has 2 aromatic carbocycles. The number of aryl methyl sites for hydroxylation is 1. The Morgan fingerprint density at radius 3 is 2.34 bits per heavy atom. The van der Waals surface area contributed by atoms with E-state index in [2.05, 4.69) is 17.2 Å². The standard InChI is InChI=1S/C23H21N3O3/c1-3-14-24-22(28)20-5-4-15-26(23(20)29)19-12-10-18(11-13-19)25-21(27)17-8-6-16(2)7-9-17/h3-13,15H,1,14H2,2H3,(H,24,28)(H,25,27). The van der Waals surface area contributed by atoms with Crippen molar-refractivity contribution < 1.29 is 9.59 Å². The van der Waals surface area contributed by atoms with Gasteiger partial charge in [-0.3, -0.25) is 19.0 Å². The number of nitrogens with zero attached hydrogens (tertiary/aromatic N) is 1. The highest BCUT2D eigenvalue weighted by molar-refractivity contribution is 6.04. The fourth-order valence-corrected chi connectivity index (χ4v) is 2.74. The first-order valence-corrected chi connectivity index (χ1v) is 9.09. The molecule has 146 valence electrons. The number of carbonyl (C=O) groups excluding carboxylic acids is 2. The highest BCUT2D eigenvalue weighted by Gasteiger charge is 2.12. The summed E-state index contributed by atoms with van der Waals surface area (Å²) in [5, 5.41) is 5.42. The van der Waals surface area contributed by atoms with Crippen LogP contribution in [0.25, 0.3) is 5.69 Å². The Bertz CT molecular complexity index is 1100. The molecule has 2 N–H and O–H groups in total. The molecule has 29 heavy (non-hydrogen) atoms. The van der Waals surface area contributed by atoms with Crippen molar-refractivity contribution in [3.63, 3.8) is 0 Å². The van der Waals surface area contributed by atoms with Crippen LogP contribution in [0.1, 0.15) is 26.3 Å². The minimum atomic E-state index is -0.453. The van der Waals surface area contributed by atoms with Crippen LogP contribution in [0.3, 0.4) is 0 Å². The summed E-state index contributed by atoms with van der Waals surface area (Å²) >= 11 is 0. The number of hydrogen-bond donors (Lipinski definition) is 2. The molecule has 0 fully saturated rings.